The number of anilines is 1. The zero-order chi connectivity index (χ0) is 12.1. The Morgan fingerprint density at radius 1 is 1.41 bits per heavy atom. The predicted molar refractivity (Wildman–Crippen MR) is 69.3 cm³/mol. The summed E-state index contributed by atoms with van der Waals surface area (Å²) in [5.74, 6) is 6.14. The molecule has 0 aromatic carbocycles. The minimum atomic E-state index is 0.720. The van der Waals surface area contributed by atoms with E-state index in [0.717, 1.165) is 30.2 Å². The summed E-state index contributed by atoms with van der Waals surface area (Å²) >= 11 is 1.61. The van der Waals surface area contributed by atoms with E-state index in [1.807, 2.05) is 24.7 Å². The van der Waals surface area contributed by atoms with Crippen molar-refractivity contribution in [2.45, 2.75) is 13.1 Å². The Bertz CT molecular complexity index is 457. The second kappa shape index (κ2) is 5.72. The van der Waals surface area contributed by atoms with Crippen LogP contribution in [0.2, 0.25) is 0 Å². The van der Waals surface area contributed by atoms with Gasteiger partial charge in [0.1, 0.15) is 5.82 Å². The molecule has 0 saturated carbocycles. The van der Waals surface area contributed by atoms with Gasteiger partial charge in [-0.3, -0.25) is 4.90 Å². The first-order valence-electron chi connectivity index (χ1n) is 5.25. The smallest absolute Gasteiger partial charge is 0.144 e. The normalized spacial score (nSPS) is 10.8. The van der Waals surface area contributed by atoms with Gasteiger partial charge >= 0.3 is 0 Å². The number of thiazole rings is 1. The quantitative estimate of drug-likeness (QED) is 0.620. The molecule has 90 valence electrons. The lowest BCUT2D eigenvalue weighted by molar-refractivity contribution is 0.316. The largest absolute Gasteiger partial charge is 0.308 e. The average molecular weight is 249 g/mol. The third kappa shape index (κ3) is 3.23. The molecule has 0 atom stereocenters. The molecule has 2 rings (SSSR count). The minimum absolute atomic E-state index is 0.720. The Kier molecular flexibility index (Phi) is 4.03. The summed E-state index contributed by atoms with van der Waals surface area (Å²) in [7, 11) is 2.05. The molecule has 0 unspecified atom stereocenters. The van der Waals surface area contributed by atoms with Crippen LogP contribution in [0.1, 0.15) is 11.3 Å². The number of aromatic nitrogens is 2. The van der Waals surface area contributed by atoms with Gasteiger partial charge in [-0.15, -0.1) is 11.3 Å². The zero-order valence-electron chi connectivity index (χ0n) is 9.63. The molecule has 0 spiro atoms. The molecule has 17 heavy (non-hydrogen) atoms. The van der Waals surface area contributed by atoms with E-state index in [1.165, 1.54) is 0 Å². The lowest BCUT2D eigenvalue weighted by atomic mass is 10.2. The Morgan fingerprint density at radius 3 is 3.00 bits per heavy atom. The topological polar surface area (TPSA) is 67.1 Å². The first-order chi connectivity index (χ1) is 8.29. The second-order valence-corrected chi connectivity index (χ2v) is 4.53. The standard InChI is InChI=1S/C11H15N5S/c1-16(6-10-7-17-8-14-10)5-9-3-2-4-13-11(9)15-12/h2-4,7-8H,5-6,12H2,1H3,(H,13,15). The zero-order valence-corrected chi connectivity index (χ0v) is 10.4. The maximum absolute atomic E-state index is 5.42. The molecule has 0 aliphatic heterocycles. The van der Waals surface area contributed by atoms with E-state index >= 15 is 0 Å². The van der Waals surface area contributed by atoms with Gasteiger partial charge in [-0.05, 0) is 13.1 Å². The fourth-order valence-electron chi connectivity index (χ4n) is 1.64. The molecule has 0 saturated heterocycles. The number of nitrogen functional groups attached to an aromatic ring is 1. The summed E-state index contributed by atoms with van der Waals surface area (Å²) < 4.78 is 0. The fraction of sp³-hybridized carbons (Fsp3) is 0.273. The number of hydrogen-bond acceptors (Lipinski definition) is 6. The average Bonchev–Trinajstić information content (AvgIpc) is 2.82. The molecule has 0 bridgehead atoms. The summed E-state index contributed by atoms with van der Waals surface area (Å²) in [5, 5.41) is 2.06. The highest BCUT2D eigenvalue weighted by Gasteiger charge is 2.07. The van der Waals surface area contributed by atoms with E-state index in [2.05, 4.69) is 25.7 Å². The van der Waals surface area contributed by atoms with Crippen molar-refractivity contribution >= 4 is 17.2 Å². The highest BCUT2D eigenvalue weighted by molar-refractivity contribution is 7.07. The summed E-state index contributed by atoms with van der Waals surface area (Å²) in [6.07, 6.45) is 1.72. The van der Waals surface area contributed by atoms with Gasteiger partial charge in [0, 0.05) is 30.2 Å². The fourth-order valence-corrected chi connectivity index (χ4v) is 2.18. The summed E-state index contributed by atoms with van der Waals surface area (Å²) in [5.41, 5.74) is 6.62. The van der Waals surface area contributed by atoms with E-state index in [-0.39, 0.29) is 0 Å². The second-order valence-electron chi connectivity index (χ2n) is 3.81. The number of rotatable bonds is 5. The Balaban J connectivity index is 2.00. The minimum Gasteiger partial charge on any atom is -0.308 e. The highest BCUT2D eigenvalue weighted by atomic mass is 32.1. The van der Waals surface area contributed by atoms with E-state index < -0.39 is 0 Å². The Morgan fingerprint density at radius 2 is 2.29 bits per heavy atom. The van der Waals surface area contributed by atoms with E-state index in [0.29, 0.717) is 0 Å². The third-order valence-electron chi connectivity index (χ3n) is 2.38. The van der Waals surface area contributed by atoms with E-state index in [1.54, 1.807) is 17.5 Å². The van der Waals surface area contributed by atoms with Crippen molar-refractivity contribution in [2.24, 2.45) is 5.84 Å². The highest BCUT2D eigenvalue weighted by Crippen LogP contribution is 2.13. The molecule has 6 heteroatoms. The molecular weight excluding hydrogens is 234 g/mol. The monoisotopic (exact) mass is 249 g/mol. The van der Waals surface area contributed by atoms with Crippen LogP contribution in [-0.4, -0.2) is 21.9 Å². The Hall–Kier alpha value is -1.50. The van der Waals surface area contributed by atoms with Crippen molar-refractivity contribution in [3.63, 3.8) is 0 Å². The van der Waals surface area contributed by atoms with Crippen molar-refractivity contribution in [3.05, 3.63) is 40.5 Å². The number of hydrazine groups is 1. The van der Waals surface area contributed by atoms with Crippen LogP contribution >= 0.6 is 11.3 Å². The lowest BCUT2D eigenvalue weighted by Crippen LogP contribution is -2.20. The van der Waals surface area contributed by atoms with Crippen LogP contribution in [0.25, 0.3) is 0 Å². The summed E-state index contributed by atoms with van der Waals surface area (Å²) in [4.78, 5) is 10.6. The molecule has 0 fully saturated rings. The van der Waals surface area contributed by atoms with Gasteiger partial charge in [-0.1, -0.05) is 6.07 Å². The molecular formula is C11H15N5S. The molecule has 5 nitrogen and oxygen atoms in total. The molecule has 0 aliphatic rings. The molecule has 2 aromatic heterocycles. The van der Waals surface area contributed by atoms with Crippen molar-refractivity contribution in [1.29, 1.82) is 0 Å². The van der Waals surface area contributed by atoms with Crippen LogP contribution in [0, 0.1) is 0 Å². The van der Waals surface area contributed by atoms with Gasteiger partial charge in [0.2, 0.25) is 0 Å². The van der Waals surface area contributed by atoms with Crippen molar-refractivity contribution in [1.82, 2.24) is 14.9 Å². The number of nitrogens with one attached hydrogen (secondary N) is 1. The van der Waals surface area contributed by atoms with Gasteiger partial charge in [-0.2, -0.15) is 0 Å². The van der Waals surface area contributed by atoms with Crippen molar-refractivity contribution in [3.8, 4) is 0 Å². The molecule has 0 aliphatic carbocycles. The van der Waals surface area contributed by atoms with E-state index in [4.69, 9.17) is 5.84 Å². The molecule has 3 N–H and O–H groups in total. The van der Waals surface area contributed by atoms with Gasteiger partial charge in [0.15, 0.2) is 0 Å². The van der Waals surface area contributed by atoms with Crippen molar-refractivity contribution in [2.75, 3.05) is 12.5 Å². The van der Waals surface area contributed by atoms with E-state index in [9.17, 15) is 0 Å². The molecule has 0 amide bonds. The van der Waals surface area contributed by atoms with Crippen LogP contribution in [-0.2, 0) is 13.1 Å². The summed E-state index contributed by atoms with van der Waals surface area (Å²) in [6, 6.07) is 3.92. The lowest BCUT2D eigenvalue weighted by Gasteiger charge is -2.16. The van der Waals surface area contributed by atoms with Gasteiger partial charge in [-0.25, -0.2) is 15.8 Å². The van der Waals surface area contributed by atoms with Crippen LogP contribution in [0.3, 0.4) is 0 Å². The van der Waals surface area contributed by atoms with Crippen LogP contribution in [0.5, 0.6) is 0 Å². The third-order valence-corrected chi connectivity index (χ3v) is 3.02. The number of hydrogen-bond donors (Lipinski definition) is 2. The van der Waals surface area contributed by atoms with Gasteiger partial charge < -0.3 is 5.43 Å². The first-order valence-corrected chi connectivity index (χ1v) is 6.20. The number of pyridine rings is 1. The predicted octanol–water partition coefficient (Wildman–Crippen LogP) is 1.46. The first kappa shape index (κ1) is 12.0. The number of nitrogens with two attached hydrogens (primary N) is 1. The van der Waals surface area contributed by atoms with Gasteiger partial charge in [0.25, 0.3) is 0 Å². The van der Waals surface area contributed by atoms with Crippen LogP contribution in [0.4, 0.5) is 5.82 Å². The van der Waals surface area contributed by atoms with Crippen LogP contribution < -0.4 is 11.3 Å². The summed E-state index contributed by atoms with van der Waals surface area (Å²) in [6.45, 7) is 1.60. The molecule has 2 aromatic rings. The molecule has 0 radical (unpaired) electrons. The maximum Gasteiger partial charge on any atom is 0.144 e. The molecule has 2 heterocycles. The van der Waals surface area contributed by atoms with Crippen molar-refractivity contribution < 1.29 is 0 Å². The van der Waals surface area contributed by atoms with Gasteiger partial charge in [0.05, 0.1) is 11.2 Å². The maximum atomic E-state index is 5.42. The number of nitrogens with zero attached hydrogens (tertiary/aromatic N) is 3. The Labute approximate surface area is 104 Å². The van der Waals surface area contributed by atoms with Crippen LogP contribution in [0.15, 0.2) is 29.2 Å². The SMILES string of the molecule is CN(Cc1cscn1)Cc1cccnc1NN.